The maximum Gasteiger partial charge on any atom is 0.126 e. The normalized spacial score (nSPS) is 12.5. The molecule has 0 radical (unpaired) electrons. The number of rotatable bonds is 3. The van der Waals surface area contributed by atoms with Gasteiger partial charge in [-0.3, -0.25) is 0 Å². The number of furan rings is 1. The number of nitrogens with one attached hydrogen (secondary N) is 1. The number of benzene rings is 1. The predicted molar refractivity (Wildman–Crippen MR) is 71.4 cm³/mol. The number of hydrogen-bond acceptors (Lipinski definition) is 2. The molecule has 90 valence electrons. The molecule has 0 saturated heterocycles. The van der Waals surface area contributed by atoms with E-state index in [1.54, 1.807) is 0 Å². The first kappa shape index (κ1) is 11.8. The van der Waals surface area contributed by atoms with Gasteiger partial charge in [0.1, 0.15) is 11.5 Å². The van der Waals surface area contributed by atoms with Crippen molar-refractivity contribution in [3.63, 3.8) is 0 Å². The fourth-order valence-corrected chi connectivity index (χ4v) is 1.84. The van der Waals surface area contributed by atoms with Gasteiger partial charge in [-0.2, -0.15) is 0 Å². The van der Waals surface area contributed by atoms with Crippen LogP contribution in [0.15, 0.2) is 34.7 Å². The summed E-state index contributed by atoms with van der Waals surface area (Å²) in [6, 6.07) is 10.6. The predicted octanol–water partition coefficient (Wildman–Crippen LogP) is 4.38. The summed E-state index contributed by atoms with van der Waals surface area (Å²) < 4.78 is 5.61. The highest BCUT2D eigenvalue weighted by Gasteiger charge is 2.09. The molecule has 1 aromatic carbocycles. The van der Waals surface area contributed by atoms with E-state index < -0.39 is 0 Å². The molecule has 0 saturated carbocycles. The smallest absolute Gasteiger partial charge is 0.126 e. The summed E-state index contributed by atoms with van der Waals surface area (Å²) in [5, 5.41) is 3.45. The molecule has 2 heteroatoms. The Morgan fingerprint density at radius 3 is 2.35 bits per heavy atom. The fraction of sp³-hybridized carbons (Fsp3) is 0.333. The summed E-state index contributed by atoms with van der Waals surface area (Å²) in [7, 11) is 0. The van der Waals surface area contributed by atoms with Crippen molar-refractivity contribution in [1.29, 1.82) is 0 Å². The van der Waals surface area contributed by atoms with E-state index in [2.05, 4.69) is 44.3 Å². The van der Waals surface area contributed by atoms with Crippen molar-refractivity contribution >= 4 is 5.69 Å². The lowest BCUT2D eigenvalue weighted by Gasteiger charge is -2.14. The molecule has 2 rings (SSSR count). The average molecular weight is 229 g/mol. The third kappa shape index (κ3) is 2.70. The summed E-state index contributed by atoms with van der Waals surface area (Å²) in [5.41, 5.74) is 3.75. The average Bonchev–Trinajstić information content (AvgIpc) is 2.70. The summed E-state index contributed by atoms with van der Waals surface area (Å²) in [5.74, 6) is 1.93. The molecule has 17 heavy (non-hydrogen) atoms. The first-order valence-electron chi connectivity index (χ1n) is 5.96. The third-order valence-corrected chi connectivity index (χ3v) is 3.08. The van der Waals surface area contributed by atoms with Gasteiger partial charge >= 0.3 is 0 Å². The summed E-state index contributed by atoms with van der Waals surface area (Å²) >= 11 is 0. The molecule has 1 atom stereocenters. The van der Waals surface area contributed by atoms with Crippen LogP contribution in [-0.2, 0) is 0 Å². The van der Waals surface area contributed by atoms with Crippen LogP contribution in [0.1, 0.15) is 35.6 Å². The molecule has 0 aliphatic carbocycles. The van der Waals surface area contributed by atoms with E-state index in [1.165, 1.54) is 11.1 Å². The summed E-state index contributed by atoms with van der Waals surface area (Å²) in [6.45, 7) is 8.32. The van der Waals surface area contributed by atoms with Gasteiger partial charge in [0.25, 0.3) is 0 Å². The molecule has 0 spiro atoms. The van der Waals surface area contributed by atoms with E-state index >= 15 is 0 Å². The van der Waals surface area contributed by atoms with Gasteiger partial charge in [0.05, 0.1) is 6.04 Å². The highest BCUT2D eigenvalue weighted by atomic mass is 16.3. The zero-order valence-electron chi connectivity index (χ0n) is 10.9. The zero-order valence-corrected chi connectivity index (χ0v) is 10.9. The lowest BCUT2D eigenvalue weighted by atomic mass is 10.1. The number of aryl methyl sites for hydroxylation is 3. The zero-order chi connectivity index (χ0) is 12.4. The van der Waals surface area contributed by atoms with Gasteiger partial charge in [0, 0.05) is 5.69 Å². The molecule has 2 aromatic rings. The van der Waals surface area contributed by atoms with Crippen molar-refractivity contribution in [3.8, 4) is 0 Å². The second-order valence-corrected chi connectivity index (χ2v) is 4.61. The van der Waals surface area contributed by atoms with Crippen LogP contribution in [0, 0.1) is 20.8 Å². The Kier molecular flexibility index (Phi) is 3.23. The van der Waals surface area contributed by atoms with Crippen LogP contribution >= 0.6 is 0 Å². The molecule has 1 heterocycles. The molecule has 0 aliphatic heterocycles. The highest BCUT2D eigenvalue weighted by Crippen LogP contribution is 2.22. The lowest BCUT2D eigenvalue weighted by molar-refractivity contribution is 0.467. The van der Waals surface area contributed by atoms with E-state index in [4.69, 9.17) is 4.42 Å². The minimum absolute atomic E-state index is 0.186. The molecule has 0 fully saturated rings. The van der Waals surface area contributed by atoms with Crippen LogP contribution in [0.2, 0.25) is 0 Å². The van der Waals surface area contributed by atoms with Crippen molar-refractivity contribution in [2.45, 2.75) is 33.7 Å². The first-order valence-corrected chi connectivity index (χ1v) is 5.96. The van der Waals surface area contributed by atoms with Crippen LogP contribution in [-0.4, -0.2) is 0 Å². The second-order valence-electron chi connectivity index (χ2n) is 4.61. The Morgan fingerprint density at radius 1 is 1.00 bits per heavy atom. The lowest BCUT2D eigenvalue weighted by Crippen LogP contribution is -2.05. The Labute approximate surface area is 103 Å². The number of anilines is 1. The van der Waals surface area contributed by atoms with E-state index in [0.717, 1.165) is 17.2 Å². The van der Waals surface area contributed by atoms with Crippen molar-refractivity contribution in [2.24, 2.45) is 0 Å². The first-order chi connectivity index (χ1) is 8.06. The monoisotopic (exact) mass is 229 g/mol. The van der Waals surface area contributed by atoms with Crippen molar-refractivity contribution < 1.29 is 4.42 Å². The molecule has 0 aliphatic rings. The Bertz CT molecular complexity index is 513. The quantitative estimate of drug-likeness (QED) is 0.845. The van der Waals surface area contributed by atoms with Gasteiger partial charge in [-0.1, -0.05) is 6.07 Å². The Morgan fingerprint density at radius 2 is 1.76 bits per heavy atom. The summed E-state index contributed by atoms with van der Waals surface area (Å²) in [4.78, 5) is 0. The number of hydrogen-bond donors (Lipinski definition) is 1. The van der Waals surface area contributed by atoms with Gasteiger partial charge in [-0.15, -0.1) is 0 Å². The van der Waals surface area contributed by atoms with E-state index in [1.807, 2.05) is 19.1 Å². The van der Waals surface area contributed by atoms with Crippen LogP contribution in [0.25, 0.3) is 0 Å². The minimum Gasteiger partial charge on any atom is -0.464 e. The van der Waals surface area contributed by atoms with Crippen molar-refractivity contribution in [2.75, 3.05) is 5.32 Å². The van der Waals surface area contributed by atoms with Gasteiger partial charge in [0.15, 0.2) is 0 Å². The maximum absolute atomic E-state index is 5.61. The maximum atomic E-state index is 5.61. The standard InChI is InChI=1S/C15H19NO/c1-10-5-7-14(9-11(10)2)16-13(4)15-8-6-12(3)17-15/h5-9,13,16H,1-4H3. The van der Waals surface area contributed by atoms with Crippen LogP contribution in [0.3, 0.4) is 0 Å². The van der Waals surface area contributed by atoms with Crippen molar-refractivity contribution in [3.05, 3.63) is 53.0 Å². The van der Waals surface area contributed by atoms with Gasteiger partial charge < -0.3 is 9.73 Å². The van der Waals surface area contributed by atoms with E-state index in [9.17, 15) is 0 Å². The fourth-order valence-electron chi connectivity index (χ4n) is 1.84. The van der Waals surface area contributed by atoms with E-state index in [-0.39, 0.29) is 6.04 Å². The molecule has 1 N–H and O–H groups in total. The SMILES string of the molecule is Cc1ccc(C(C)Nc2ccc(C)c(C)c2)o1. The van der Waals surface area contributed by atoms with Gasteiger partial charge in [0.2, 0.25) is 0 Å². The molecule has 2 nitrogen and oxygen atoms in total. The minimum atomic E-state index is 0.186. The Balaban J connectivity index is 2.12. The van der Waals surface area contributed by atoms with Crippen molar-refractivity contribution in [1.82, 2.24) is 0 Å². The molecule has 1 aromatic heterocycles. The summed E-state index contributed by atoms with van der Waals surface area (Å²) in [6.07, 6.45) is 0. The topological polar surface area (TPSA) is 25.2 Å². The largest absolute Gasteiger partial charge is 0.464 e. The van der Waals surface area contributed by atoms with Crippen LogP contribution in [0.5, 0.6) is 0 Å². The second kappa shape index (κ2) is 4.66. The molecule has 1 unspecified atom stereocenters. The van der Waals surface area contributed by atoms with E-state index in [0.29, 0.717) is 0 Å². The highest BCUT2D eigenvalue weighted by molar-refractivity contribution is 5.49. The Hall–Kier alpha value is -1.70. The van der Waals surface area contributed by atoms with Gasteiger partial charge in [-0.05, 0) is 63.1 Å². The van der Waals surface area contributed by atoms with Crippen LogP contribution in [0.4, 0.5) is 5.69 Å². The third-order valence-electron chi connectivity index (χ3n) is 3.08. The molecular weight excluding hydrogens is 210 g/mol. The van der Waals surface area contributed by atoms with Gasteiger partial charge in [-0.25, -0.2) is 0 Å². The van der Waals surface area contributed by atoms with Crippen LogP contribution < -0.4 is 5.32 Å². The molecule has 0 bridgehead atoms. The molecule has 0 amide bonds. The molecular formula is C15H19NO.